The molecule has 0 atom stereocenters. The van der Waals surface area contributed by atoms with Crippen LogP contribution in [0.1, 0.15) is 97.9 Å². The second kappa shape index (κ2) is 23.7. The molecule has 56 heavy (non-hydrogen) atoms. The first-order valence-electron chi connectivity index (χ1n) is 19.7. The van der Waals surface area contributed by atoms with E-state index in [-0.39, 0.29) is 11.8 Å². The molecule has 4 nitrogen and oxygen atoms in total. The number of fused-ring (bicyclic) bond motifs is 2. The van der Waals surface area contributed by atoms with Gasteiger partial charge in [0.25, 0.3) is 0 Å². The summed E-state index contributed by atoms with van der Waals surface area (Å²) < 4.78 is 0. The number of hydrogen-bond donors (Lipinski definition) is 2. The van der Waals surface area contributed by atoms with Crippen LogP contribution in [-0.4, -0.2) is 19.4 Å². The van der Waals surface area contributed by atoms with Crippen LogP contribution in [-0.2, 0) is 43.3 Å². The maximum atomic E-state index is 10.6. The van der Waals surface area contributed by atoms with E-state index in [9.17, 15) is 9.59 Å². The van der Waals surface area contributed by atoms with Gasteiger partial charge in [0, 0.05) is 12.8 Å². The number of hydrogen-bond acceptors (Lipinski definition) is 2. The summed E-state index contributed by atoms with van der Waals surface area (Å²) in [5, 5.41) is 10.3. The number of nitrogens with one attached hydrogen (secondary N) is 2. The molecule has 0 aromatic heterocycles. The summed E-state index contributed by atoms with van der Waals surface area (Å²) >= 11 is -0.826. The number of carbonyl (C=O) groups is 2. The van der Waals surface area contributed by atoms with Crippen molar-refractivity contribution in [2.24, 2.45) is 0 Å². The quantitative estimate of drug-likeness (QED) is 0.106. The maximum absolute atomic E-state index is 10.6. The molecular formula is C48H58BCl2N2O2Zr. The molecule has 1 radical (unpaired) electrons. The molecule has 6 aromatic carbocycles. The Morgan fingerprint density at radius 3 is 1.30 bits per heavy atom. The average molecular weight is 868 g/mol. The number of amides is 2. The van der Waals surface area contributed by atoms with Crippen molar-refractivity contribution >= 4 is 57.9 Å². The van der Waals surface area contributed by atoms with Gasteiger partial charge in [-0.1, -0.05) is 99.2 Å². The Balaban J connectivity index is 0.000000228. The number of halogens is 2. The predicted molar refractivity (Wildman–Crippen MR) is 241 cm³/mol. The van der Waals surface area contributed by atoms with Gasteiger partial charge in [-0.15, -0.1) is 69.1 Å². The normalized spacial score (nSPS) is 10.3. The van der Waals surface area contributed by atoms with Gasteiger partial charge in [-0.3, -0.25) is 9.59 Å². The van der Waals surface area contributed by atoms with E-state index < -0.39 is 20.8 Å². The summed E-state index contributed by atoms with van der Waals surface area (Å²) in [6, 6.07) is 32.0. The zero-order valence-corrected chi connectivity index (χ0v) is 38.9. The Hall–Kier alpha value is -3.43. The predicted octanol–water partition coefficient (Wildman–Crippen LogP) is 13.2. The van der Waals surface area contributed by atoms with E-state index in [4.69, 9.17) is 17.0 Å². The standard InChI is InChI=1S/2C21H23.C6H12BN2O2.2ClH.Zr/c2*1-5-7-17-12-18-8-6-9-19(21(18)13-17)20-11-14(2)10-15(3)16(20)4;1-3-5(10)8-7-9-6(11)4-2;;;/h2*6,8-13H,5,7H2,1-4H3;3-4H2,1-2H3,(H,8,10)(H,9,11);2*1H;/q2*-1;;;;+4/p-2. The molecule has 2 N–H and O–H groups in total. The van der Waals surface area contributed by atoms with E-state index in [1.54, 1.807) is 13.8 Å². The van der Waals surface area contributed by atoms with Crippen molar-refractivity contribution in [3.05, 3.63) is 129 Å². The summed E-state index contributed by atoms with van der Waals surface area (Å²) in [5.41, 5.74) is 16.7. The van der Waals surface area contributed by atoms with Crippen LogP contribution < -0.4 is 10.5 Å². The number of carbonyl (C=O) groups excluding carboxylic acids is 2. The van der Waals surface area contributed by atoms with E-state index in [1.165, 1.54) is 122 Å². The van der Waals surface area contributed by atoms with Crippen molar-refractivity contribution in [2.75, 3.05) is 0 Å². The third kappa shape index (κ3) is 13.3. The van der Waals surface area contributed by atoms with E-state index in [2.05, 4.69) is 151 Å². The van der Waals surface area contributed by atoms with Crippen molar-refractivity contribution in [3.63, 3.8) is 0 Å². The van der Waals surface area contributed by atoms with Crippen LogP contribution in [0.5, 0.6) is 0 Å². The second-order valence-corrected chi connectivity index (χ2v) is 18.1. The molecule has 6 aromatic rings. The van der Waals surface area contributed by atoms with E-state index >= 15 is 0 Å². The molecule has 0 aliphatic heterocycles. The van der Waals surface area contributed by atoms with E-state index in [0.717, 1.165) is 0 Å². The van der Waals surface area contributed by atoms with E-state index in [1.807, 2.05) is 0 Å². The summed E-state index contributed by atoms with van der Waals surface area (Å²) in [6.45, 7) is 21.2. The van der Waals surface area contributed by atoms with E-state index in [0.29, 0.717) is 12.8 Å². The Morgan fingerprint density at radius 2 is 0.964 bits per heavy atom. The fraction of sp³-hybridized carbons (Fsp3) is 0.333. The van der Waals surface area contributed by atoms with Gasteiger partial charge in [0.05, 0.1) is 0 Å². The van der Waals surface area contributed by atoms with Gasteiger partial charge in [-0.2, -0.15) is 12.1 Å². The Labute approximate surface area is 355 Å². The van der Waals surface area contributed by atoms with Crippen LogP contribution in [0.4, 0.5) is 0 Å². The molecule has 2 amide bonds. The zero-order chi connectivity index (χ0) is 41.4. The molecule has 8 heteroatoms. The van der Waals surface area contributed by atoms with Crippen molar-refractivity contribution in [2.45, 2.75) is 108 Å². The topological polar surface area (TPSA) is 58.2 Å². The van der Waals surface area contributed by atoms with Crippen molar-refractivity contribution in [1.29, 1.82) is 0 Å². The molecule has 0 bridgehead atoms. The molecule has 0 heterocycles. The monoisotopic (exact) mass is 865 g/mol. The van der Waals surface area contributed by atoms with Gasteiger partial charge in [-0.05, 0) is 87.8 Å². The van der Waals surface area contributed by atoms with Gasteiger partial charge >= 0.3 is 45.4 Å². The fourth-order valence-corrected chi connectivity index (χ4v) is 6.97. The molecule has 0 spiro atoms. The van der Waals surface area contributed by atoms with Crippen LogP contribution in [0.3, 0.4) is 0 Å². The summed E-state index contributed by atoms with van der Waals surface area (Å²) in [5.74, 6) is -0.220. The Bertz CT molecular complexity index is 2050. The van der Waals surface area contributed by atoms with Crippen LogP contribution in [0.2, 0.25) is 0 Å². The molecule has 293 valence electrons. The van der Waals surface area contributed by atoms with Crippen LogP contribution in [0.25, 0.3) is 43.8 Å². The number of rotatable bonds is 10. The summed E-state index contributed by atoms with van der Waals surface area (Å²) in [6.07, 6.45) is 5.57. The third-order valence-corrected chi connectivity index (χ3v) is 10.0. The van der Waals surface area contributed by atoms with Crippen LogP contribution >= 0.6 is 17.0 Å². The molecule has 0 aliphatic rings. The molecule has 0 aliphatic carbocycles. The molecular weight excluding hydrogens is 809 g/mol. The first-order valence-corrected chi connectivity index (χ1v) is 26.0. The minimum absolute atomic E-state index is 0.110. The molecule has 0 saturated carbocycles. The summed E-state index contributed by atoms with van der Waals surface area (Å²) in [7, 11) is 11.1. The van der Waals surface area contributed by atoms with Crippen molar-refractivity contribution < 1.29 is 30.4 Å². The van der Waals surface area contributed by atoms with Gasteiger partial charge in [-0.25, -0.2) is 0 Å². The Morgan fingerprint density at radius 1 is 0.589 bits per heavy atom. The molecule has 0 saturated heterocycles. The van der Waals surface area contributed by atoms with Gasteiger partial charge in [0.2, 0.25) is 11.8 Å². The third-order valence-electron chi connectivity index (χ3n) is 10.0. The van der Waals surface area contributed by atoms with Gasteiger partial charge in [0.1, 0.15) is 0 Å². The Kier molecular flexibility index (Phi) is 19.9. The zero-order valence-electron chi connectivity index (χ0n) is 35.0. The fourth-order valence-electron chi connectivity index (χ4n) is 6.97. The van der Waals surface area contributed by atoms with Crippen molar-refractivity contribution in [3.8, 4) is 22.3 Å². The minimum atomic E-state index is -0.826. The van der Waals surface area contributed by atoms with Gasteiger partial charge < -0.3 is 10.5 Å². The van der Waals surface area contributed by atoms with Crippen LogP contribution in [0, 0.1) is 41.5 Å². The second-order valence-electron chi connectivity index (χ2n) is 14.4. The molecule has 6 rings (SSSR count). The molecule has 0 fully saturated rings. The molecule has 0 unspecified atom stereocenters. The van der Waals surface area contributed by atoms with Crippen molar-refractivity contribution in [1.82, 2.24) is 10.5 Å². The van der Waals surface area contributed by atoms with Crippen LogP contribution in [0.15, 0.2) is 84.9 Å². The first kappa shape index (κ1) is 46.9. The number of aryl methyl sites for hydroxylation is 6. The van der Waals surface area contributed by atoms with Gasteiger partial charge in [0.15, 0.2) is 0 Å². The first-order chi connectivity index (χ1) is 26.8. The SMILES string of the molecule is CCC(=O)N[B]NC(=O)CC.CCCc1cc2c(-c3cc(C)cc(C)c3C)cccc2[cH-]1.CCCc1cc2c(-c3cc(C)cc(C)c3C)cccc2[cH-]1.[Cl][Zr+2][Cl]. The summed E-state index contributed by atoms with van der Waals surface area (Å²) in [4.78, 5) is 21.2. The average Bonchev–Trinajstić information content (AvgIpc) is 3.79. The number of benzene rings is 4.